The SMILES string of the molecule is CC1(C)CCC(C(NN)C2CCc3cccnc32)CC1. The van der Waals surface area contributed by atoms with Gasteiger partial charge in [-0.3, -0.25) is 16.3 Å². The Morgan fingerprint density at radius 3 is 2.75 bits per heavy atom. The summed E-state index contributed by atoms with van der Waals surface area (Å²) in [5, 5.41) is 0. The molecule has 1 saturated carbocycles. The van der Waals surface area contributed by atoms with Crippen molar-refractivity contribution >= 4 is 0 Å². The Labute approximate surface area is 122 Å². The Bertz CT molecular complexity index is 459. The highest BCUT2D eigenvalue weighted by Crippen LogP contribution is 2.44. The zero-order valence-corrected chi connectivity index (χ0v) is 12.7. The molecule has 2 aliphatic rings. The molecule has 0 radical (unpaired) electrons. The molecule has 1 aromatic rings. The van der Waals surface area contributed by atoms with Gasteiger partial charge in [-0.2, -0.15) is 0 Å². The minimum absolute atomic E-state index is 0.391. The highest BCUT2D eigenvalue weighted by Gasteiger charge is 2.38. The number of hydrogen-bond acceptors (Lipinski definition) is 3. The number of nitrogens with one attached hydrogen (secondary N) is 1. The summed E-state index contributed by atoms with van der Waals surface area (Å²) in [5.41, 5.74) is 6.37. The van der Waals surface area contributed by atoms with Crippen molar-refractivity contribution in [3.05, 3.63) is 29.6 Å². The third-order valence-electron chi connectivity index (χ3n) is 5.52. The first kappa shape index (κ1) is 14.0. The monoisotopic (exact) mass is 273 g/mol. The first-order chi connectivity index (χ1) is 9.61. The lowest BCUT2D eigenvalue weighted by Crippen LogP contribution is -2.46. The summed E-state index contributed by atoms with van der Waals surface area (Å²) in [6.45, 7) is 4.78. The number of pyridine rings is 1. The Hall–Kier alpha value is -0.930. The van der Waals surface area contributed by atoms with Crippen LogP contribution < -0.4 is 11.3 Å². The molecule has 3 nitrogen and oxygen atoms in total. The highest BCUT2D eigenvalue weighted by molar-refractivity contribution is 5.30. The Morgan fingerprint density at radius 2 is 2.05 bits per heavy atom. The van der Waals surface area contributed by atoms with Crippen LogP contribution in [-0.4, -0.2) is 11.0 Å². The number of rotatable bonds is 3. The number of nitrogens with two attached hydrogens (primary N) is 1. The van der Waals surface area contributed by atoms with E-state index < -0.39 is 0 Å². The van der Waals surface area contributed by atoms with Gasteiger partial charge in [0.2, 0.25) is 0 Å². The predicted octanol–water partition coefficient (Wildman–Crippen LogP) is 3.16. The number of nitrogens with zero attached hydrogens (tertiary/aromatic N) is 1. The number of aromatic nitrogens is 1. The smallest absolute Gasteiger partial charge is 0.0482 e. The molecule has 2 aliphatic carbocycles. The van der Waals surface area contributed by atoms with Gasteiger partial charge in [0.25, 0.3) is 0 Å². The van der Waals surface area contributed by atoms with Crippen molar-refractivity contribution in [3.63, 3.8) is 0 Å². The van der Waals surface area contributed by atoms with E-state index in [1.54, 1.807) is 0 Å². The first-order valence-corrected chi connectivity index (χ1v) is 8.01. The van der Waals surface area contributed by atoms with E-state index in [2.05, 4.69) is 36.4 Å². The van der Waals surface area contributed by atoms with E-state index in [0.717, 1.165) is 6.42 Å². The van der Waals surface area contributed by atoms with E-state index in [4.69, 9.17) is 5.84 Å². The zero-order valence-electron chi connectivity index (χ0n) is 12.7. The van der Waals surface area contributed by atoms with Gasteiger partial charge in [0.05, 0.1) is 0 Å². The van der Waals surface area contributed by atoms with Crippen LogP contribution in [0, 0.1) is 11.3 Å². The van der Waals surface area contributed by atoms with E-state index in [1.807, 2.05) is 6.20 Å². The molecule has 110 valence electrons. The fourth-order valence-corrected chi connectivity index (χ4v) is 4.15. The average Bonchev–Trinajstić information content (AvgIpc) is 2.86. The predicted molar refractivity (Wildman–Crippen MR) is 82.1 cm³/mol. The third-order valence-corrected chi connectivity index (χ3v) is 5.52. The van der Waals surface area contributed by atoms with Crippen LogP contribution in [0.4, 0.5) is 0 Å². The molecule has 2 atom stereocenters. The van der Waals surface area contributed by atoms with Gasteiger partial charge < -0.3 is 0 Å². The van der Waals surface area contributed by atoms with Crippen molar-refractivity contribution in [2.45, 2.75) is 64.3 Å². The standard InChI is InChI=1S/C17H27N3/c1-17(2)9-7-13(8-10-17)16(20-18)14-6-5-12-4-3-11-19-15(12)14/h3-4,11,13-14,16,20H,5-10,18H2,1-2H3. The van der Waals surface area contributed by atoms with E-state index in [1.165, 1.54) is 43.4 Å². The van der Waals surface area contributed by atoms with Gasteiger partial charge in [-0.05, 0) is 61.5 Å². The number of aryl methyl sites for hydroxylation is 1. The van der Waals surface area contributed by atoms with Crippen LogP contribution in [0.15, 0.2) is 18.3 Å². The average molecular weight is 273 g/mol. The van der Waals surface area contributed by atoms with Gasteiger partial charge in [0, 0.05) is 23.9 Å². The number of hydrazine groups is 1. The van der Waals surface area contributed by atoms with Gasteiger partial charge in [-0.15, -0.1) is 0 Å². The number of fused-ring (bicyclic) bond motifs is 1. The lowest BCUT2D eigenvalue weighted by molar-refractivity contribution is 0.149. The summed E-state index contributed by atoms with van der Waals surface area (Å²) in [6.07, 6.45) is 9.50. The van der Waals surface area contributed by atoms with Crippen molar-refractivity contribution in [3.8, 4) is 0 Å². The molecule has 1 heterocycles. The number of hydrogen-bond donors (Lipinski definition) is 2. The van der Waals surface area contributed by atoms with Gasteiger partial charge in [0.1, 0.15) is 0 Å². The van der Waals surface area contributed by atoms with Crippen molar-refractivity contribution in [1.82, 2.24) is 10.4 Å². The molecule has 0 saturated heterocycles. The largest absolute Gasteiger partial charge is 0.271 e. The van der Waals surface area contributed by atoms with Gasteiger partial charge in [-0.1, -0.05) is 19.9 Å². The maximum atomic E-state index is 5.93. The molecule has 3 rings (SSSR count). The van der Waals surface area contributed by atoms with Crippen LogP contribution in [0.5, 0.6) is 0 Å². The molecule has 0 bridgehead atoms. The minimum Gasteiger partial charge on any atom is -0.271 e. The van der Waals surface area contributed by atoms with E-state index in [9.17, 15) is 0 Å². The lowest BCUT2D eigenvalue weighted by atomic mass is 9.69. The van der Waals surface area contributed by atoms with E-state index in [0.29, 0.717) is 23.3 Å². The quantitative estimate of drug-likeness (QED) is 0.657. The van der Waals surface area contributed by atoms with Gasteiger partial charge in [-0.25, -0.2) is 0 Å². The highest BCUT2D eigenvalue weighted by atomic mass is 15.2. The Kier molecular flexibility index (Phi) is 3.83. The maximum absolute atomic E-state index is 5.93. The van der Waals surface area contributed by atoms with Crippen LogP contribution in [0.3, 0.4) is 0 Å². The molecule has 20 heavy (non-hydrogen) atoms. The fourth-order valence-electron chi connectivity index (χ4n) is 4.15. The molecule has 3 N–H and O–H groups in total. The normalized spacial score (nSPS) is 27.2. The van der Waals surface area contributed by atoms with Crippen molar-refractivity contribution < 1.29 is 0 Å². The lowest BCUT2D eigenvalue weighted by Gasteiger charge is -2.39. The Morgan fingerprint density at radius 1 is 1.30 bits per heavy atom. The van der Waals surface area contributed by atoms with Crippen molar-refractivity contribution in [1.29, 1.82) is 0 Å². The molecular weight excluding hydrogens is 246 g/mol. The second-order valence-corrected chi connectivity index (χ2v) is 7.39. The summed E-state index contributed by atoms with van der Waals surface area (Å²) in [5.74, 6) is 7.13. The van der Waals surface area contributed by atoms with E-state index >= 15 is 0 Å². The summed E-state index contributed by atoms with van der Waals surface area (Å²) in [4.78, 5) is 4.64. The molecular formula is C17H27N3. The summed E-state index contributed by atoms with van der Waals surface area (Å²) in [6, 6.07) is 4.66. The fraction of sp³-hybridized carbons (Fsp3) is 0.706. The van der Waals surface area contributed by atoms with Crippen LogP contribution in [0.1, 0.15) is 63.1 Å². The molecule has 0 aromatic carbocycles. The molecule has 1 fully saturated rings. The van der Waals surface area contributed by atoms with E-state index in [-0.39, 0.29) is 0 Å². The maximum Gasteiger partial charge on any atom is 0.0482 e. The second-order valence-electron chi connectivity index (χ2n) is 7.39. The third kappa shape index (κ3) is 2.61. The van der Waals surface area contributed by atoms with Crippen LogP contribution >= 0.6 is 0 Å². The molecule has 1 aromatic heterocycles. The Balaban J connectivity index is 1.75. The minimum atomic E-state index is 0.391. The summed E-state index contributed by atoms with van der Waals surface area (Å²) in [7, 11) is 0. The van der Waals surface area contributed by atoms with Gasteiger partial charge >= 0.3 is 0 Å². The van der Waals surface area contributed by atoms with Crippen molar-refractivity contribution in [2.24, 2.45) is 17.2 Å². The van der Waals surface area contributed by atoms with Crippen LogP contribution in [0.25, 0.3) is 0 Å². The molecule has 0 aliphatic heterocycles. The summed E-state index contributed by atoms with van der Waals surface area (Å²) >= 11 is 0. The second kappa shape index (κ2) is 5.45. The van der Waals surface area contributed by atoms with Gasteiger partial charge in [0.15, 0.2) is 0 Å². The van der Waals surface area contributed by atoms with Crippen LogP contribution in [-0.2, 0) is 6.42 Å². The molecule has 2 unspecified atom stereocenters. The van der Waals surface area contributed by atoms with Crippen LogP contribution in [0.2, 0.25) is 0 Å². The summed E-state index contributed by atoms with van der Waals surface area (Å²) < 4.78 is 0. The molecule has 0 amide bonds. The molecule has 0 spiro atoms. The zero-order chi connectivity index (χ0) is 14.2. The molecule has 3 heteroatoms. The topological polar surface area (TPSA) is 50.9 Å². The first-order valence-electron chi connectivity index (χ1n) is 8.01. The van der Waals surface area contributed by atoms with Crippen molar-refractivity contribution in [2.75, 3.05) is 0 Å².